The van der Waals surface area contributed by atoms with Gasteiger partial charge in [0.15, 0.2) is 11.5 Å². The number of carboxylic acids is 1. The molecule has 6 heteroatoms. The van der Waals surface area contributed by atoms with Gasteiger partial charge in [-0.15, -0.1) is 0 Å². The standard InChI is InChI=1S/C15H19NO5/c1-20-11-4-3-10(9-12(11)21-2)5-8-16-13(17)15(6-7-15)14(18)19/h3-4,9H,5-8H2,1-2H3,(H,16,17)(H,18,19). The molecule has 0 aliphatic heterocycles. The molecule has 0 radical (unpaired) electrons. The minimum Gasteiger partial charge on any atom is -0.493 e. The number of carboxylic acid groups (broad SMARTS) is 1. The summed E-state index contributed by atoms with van der Waals surface area (Å²) < 4.78 is 10.4. The molecule has 2 N–H and O–H groups in total. The van der Waals surface area contributed by atoms with E-state index in [0.29, 0.717) is 37.3 Å². The Hall–Kier alpha value is -2.24. The Balaban J connectivity index is 1.89. The van der Waals surface area contributed by atoms with Gasteiger partial charge in [0.1, 0.15) is 5.41 Å². The number of carbonyl (C=O) groups excluding carboxylic acids is 1. The fourth-order valence-corrected chi connectivity index (χ4v) is 2.19. The van der Waals surface area contributed by atoms with E-state index < -0.39 is 17.3 Å². The van der Waals surface area contributed by atoms with Crippen molar-refractivity contribution in [2.45, 2.75) is 19.3 Å². The molecule has 0 heterocycles. The first kappa shape index (κ1) is 15.2. The molecule has 1 aliphatic rings. The highest BCUT2D eigenvalue weighted by atomic mass is 16.5. The van der Waals surface area contributed by atoms with Crippen LogP contribution in [-0.4, -0.2) is 37.7 Å². The molecule has 0 atom stereocenters. The van der Waals surface area contributed by atoms with Gasteiger partial charge in [0.25, 0.3) is 0 Å². The SMILES string of the molecule is COc1ccc(CCNC(=O)C2(C(=O)O)CC2)cc1OC. The van der Waals surface area contributed by atoms with Gasteiger partial charge in [-0.2, -0.15) is 0 Å². The molecular formula is C15H19NO5. The Kier molecular flexibility index (Phi) is 4.35. The van der Waals surface area contributed by atoms with Crippen molar-refractivity contribution in [3.63, 3.8) is 0 Å². The first-order valence-corrected chi connectivity index (χ1v) is 6.76. The normalized spacial score (nSPS) is 15.1. The van der Waals surface area contributed by atoms with Crippen LogP contribution in [0.2, 0.25) is 0 Å². The van der Waals surface area contributed by atoms with Crippen LogP contribution in [0.5, 0.6) is 11.5 Å². The van der Waals surface area contributed by atoms with E-state index in [1.54, 1.807) is 20.3 Å². The molecule has 0 spiro atoms. The minimum absolute atomic E-state index is 0.392. The molecule has 21 heavy (non-hydrogen) atoms. The number of carbonyl (C=O) groups is 2. The zero-order valence-electron chi connectivity index (χ0n) is 12.1. The third-order valence-corrected chi connectivity index (χ3v) is 3.74. The van der Waals surface area contributed by atoms with Gasteiger partial charge in [-0.3, -0.25) is 9.59 Å². The maximum Gasteiger partial charge on any atom is 0.319 e. The van der Waals surface area contributed by atoms with E-state index in [1.807, 2.05) is 12.1 Å². The molecule has 1 aliphatic carbocycles. The Morgan fingerprint density at radius 3 is 2.43 bits per heavy atom. The van der Waals surface area contributed by atoms with E-state index in [0.717, 1.165) is 5.56 Å². The number of aliphatic carboxylic acids is 1. The number of nitrogens with one attached hydrogen (secondary N) is 1. The topological polar surface area (TPSA) is 84.9 Å². The molecule has 6 nitrogen and oxygen atoms in total. The summed E-state index contributed by atoms with van der Waals surface area (Å²) in [7, 11) is 3.13. The zero-order chi connectivity index (χ0) is 15.5. The molecule has 0 aromatic heterocycles. The molecule has 114 valence electrons. The van der Waals surface area contributed by atoms with Crippen molar-refractivity contribution in [3.8, 4) is 11.5 Å². The van der Waals surface area contributed by atoms with Gasteiger partial charge >= 0.3 is 5.97 Å². The van der Waals surface area contributed by atoms with Crippen LogP contribution in [0.1, 0.15) is 18.4 Å². The van der Waals surface area contributed by atoms with Gasteiger partial charge in [-0.1, -0.05) is 6.07 Å². The van der Waals surface area contributed by atoms with E-state index in [2.05, 4.69) is 5.32 Å². The van der Waals surface area contributed by atoms with Crippen molar-refractivity contribution in [3.05, 3.63) is 23.8 Å². The van der Waals surface area contributed by atoms with Crippen LogP contribution in [0.15, 0.2) is 18.2 Å². The van der Waals surface area contributed by atoms with Gasteiger partial charge < -0.3 is 19.9 Å². The Bertz CT molecular complexity index is 551. The predicted molar refractivity (Wildman–Crippen MR) is 75.6 cm³/mol. The van der Waals surface area contributed by atoms with Crippen LogP contribution in [0, 0.1) is 5.41 Å². The molecule has 1 fully saturated rings. The average Bonchev–Trinajstić information content (AvgIpc) is 3.28. The van der Waals surface area contributed by atoms with Gasteiger partial charge in [0, 0.05) is 6.54 Å². The molecule has 1 aromatic carbocycles. The maximum absolute atomic E-state index is 11.8. The largest absolute Gasteiger partial charge is 0.493 e. The number of ether oxygens (including phenoxy) is 2. The van der Waals surface area contributed by atoms with E-state index in [-0.39, 0.29) is 0 Å². The van der Waals surface area contributed by atoms with Crippen molar-refractivity contribution in [2.24, 2.45) is 5.41 Å². The van der Waals surface area contributed by atoms with Crippen LogP contribution >= 0.6 is 0 Å². The molecule has 1 amide bonds. The summed E-state index contributed by atoms with van der Waals surface area (Å²) >= 11 is 0. The maximum atomic E-state index is 11.8. The second-order valence-corrected chi connectivity index (χ2v) is 5.08. The second-order valence-electron chi connectivity index (χ2n) is 5.08. The molecule has 1 aromatic rings. The molecule has 0 saturated heterocycles. The fourth-order valence-electron chi connectivity index (χ4n) is 2.19. The van der Waals surface area contributed by atoms with Crippen molar-refractivity contribution >= 4 is 11.9 Å². The van der Waals surface area contributed by atoms with Crippen LogP contribution in [0.25, 0.3) is 0 Å². The van der Waals surface area contributed by atoms with Gasteiger partial charge in [0.2, 0.25) is 5.91 Å². The van der Waals surface area contributed by atoms with Gasteiger partial charge in [-0.05, 0) is 37.0 Å². The van der Waals surface area contributed by atoms with Crippen LogP contribution < -0.4 is 14.8 Å². The highest BCUT2D eigenvalue weighted by molar-refractivity contribution is 6.04. The van der Waals surface area contributed by atoms with Crippen LogP contribution in [0.3, 0.4) is 0 Å². The van der Waals surface area contributed by atoms with E-state index >= 15 is 0 Å². The number of benzene rings is 1. The van der Waals surface area contributed by atoms with E-state index in [4.69, 9.17) is 14.6 Å². The molecule has 0 bridgehead atoms. The lowest BCUT2D eigenvalue weighted by Gasteiger charge is -2.12. The van der Waals surface area contributed by atoms with Gasteiger partial charge in [-0.25, -0.2) is 0 Å². The van der Waals surface area contributed by atoms with Gasteiger partial charge in [0.05, 0.1) is 14.2 Å². The summed E-state index contributed by atoms with van der Waals surface area (Å²) in [5.41, 5.74) is -0.203. The monoisotopic (exact) mass is 293 g/mol. The number of hydrogen-bond acceptors (Lipinski definition) is 4. The number of methoxy groups -OCH3 is 2. The van der Waals surface area contributed by atoms with E-state index in [9.17, 15) is 9.59 Å². The lowest BCUT2D eigenvalue weighted by Crippen LogP contribution is -2.37. The van der Waals surface area contributed by atoms with Crippen molar-refractivity contribution in [2.75, 3.05) is 20.8 Å². The zero-order valence-corrected chi connectivity index (χ0v) is 12.1. The predicted octanol–water partition coefficient (Wildman–Crippen LogP) is 1.23. The quantitative estimate of drug-likeness (QED) is 0.739. The Morgan fingerprint density at radius 1 is 1.24 bits per heavy atom. The summed E-state index contributed by atoms with van der Waals surface area (Å²) in [6.45, 7) is 0.392. The Morgan fingerprint density at radius 2 is 1.90 bits per heavy atom. The number of rotatable bonds is 7. The third-order valence-electron chi connectivity index (χ3n) is 3.74. The number of hydrogen-bond donors (Lipinski definition) is 2. The summed E-state index contributed by atoms with van der Waals surface area (Å²) in [6, 6.07) is 5.53. The molecule has 2 rings (SSSR count). The van der Waals surface area contributed by atoms with Crippen LogP contribution in [-0.2, 0) is 16.0 Å². The van der Waals surface area contributed by atoms with Crippen molar-refractivity contribution in [1.82, 2.24) is 5.32 Å². The van der Waals surface area contributed by atoms with Crippen LogP contribution in [0.4, 0.5) is 0 Å². The van der Waals surface area contributed by atoms with Crippen molar-refractivity contribution in [1.29, 1.82) is 0 Å². The first-order valence-electron chi connectivity index (χ1n) is 6.76. The second kappa shape index (κ2) is 6.03. The van der Waals surface area contributed by atoms with Crippen molar-refractivity contribution < 1.29 is 24.2 Å². The Labute approximate surface area is 123 Å². The average molecular weight is 293 g/mol. The molecular weight excluding hydrogens is 274 g/mol. The summed E-state index contributed by atoms with van der Waals surface area (Å²) in [5, 5.41) is 11.7. The number of amides is 1. The fraction of sp³-hybridized carbons (Fsp3) is 0.467. The lowest BCUT2D eigenvalue weighted by molar-refractivity contribution is -0.149. The molecule has 0 unspecified atom stereocenters. The third kappa shape index (κ3) is 3.09. The highest BCUT2D eigenvalue weighted by Gasteiger charge is 2.56. The summed E-state index contributed by atoms with van der Waals surface area (Å²) in [5.74, 6) is -0.153. The smallest absolute Gasteiger partial charge is 0.319 e. The molecule has 1 saturated carbocycles. The van der Waals surface area contributed by atoms with E-state index in [1.165, 1.54) is 0 Å². The minimum atomic E-state index is -1.18. The lowest BCUT2D eigenvalue weighted by atomic mass is 10.1. The highest BCUT2D eigenvalue weighted by Crippen LogP contribution is 2.46. The first-order chi connectivity index (χ1) is 10.0. The summed E-state index contributed by atoms with van der Waals surface area (Å²) in [6.07, 6.45) is 1.44. The summed E-state index contributed by atoms with van der Waals surface area (Å²) in [4.78, 5) is 22.9.